The van der Waals surface area contributed by atoms with Gasteiger partial charge < -0.3 is 20.4 Å². The SMILES string of the molecule is [N-]=[N+]=N[C@H](C(=O)O)[C@@H](O)[C@H](O)CO. The van der Waals surface area contributed by atoms with E-state index in [1.54, 1.807) is 0 Å². The number of azide groups is 1. The topological polar surface area (TPSA) is 147 Å². The summed E-state index contributed by atoms with van der Waals surface area (Å²) >= 11 is 0. The molecule has 0 aromatic carbocycles. The van der Waals surface area contributed by atoms with Gasteiger partial charge in [-0.2, -0.15) is 0 Å². The summed E-state index contributed by atoms with van der Waals surface area (Å²) in [5.74, 6) is -1.57. The Morgan fingerprint density at radius 1 is 1.54 bits per heavy atom. The highest BCUT2D eigenvalue weighted by atomic mass is 16.4. The molecule has 0 radical (unpaired) electrons. The van der Waals surface area contributed by atoms with Crippen LogP contribution >= 0.6 is 0 Å². The Bertz CT molecular complexity index is 224. The molecule has 0 bridgehead atoms. The highest BCUT2D eigenvalue weighted by Gasteiger charge is 2.30. The van der Waals surface area contributed by atoms with Gasteiger partial charge in [-0.05, 0) is 5.53 Å². The van der Waals surface area contributed by atoms with Gasteiger partial charge in [-0.15, -0.1) is 0 Å². The van der Waals surface area contributed by atoms with Crippen LogP contribution in [0.3, 0.4) is 0 Å². The van der Waals surface area contributed by atoms with Gasteiger partial charge in [0, 0.05) is 4.91 Å². The van der Waals surface area contributed by atoms with E-state index in [9.17, 15) is 4.79 Å². The third-order valence-corrected chi connectivity index (χ3v) is 1.33. The fraction of sp³-hybridized carbons (Fsp3) is 0.800. The molecule has 0 unspecified atom stereocenters. The lowest BCUT2D eigenvalue weighted by Gasteiger charge is -2.18. The van der Waals surface area contributed by atoms with Crippen LogP contribution in [-0.4, -0.2) is 51.3 Å². The predicted molar refractivity (Wildman–Crippen MR) is 39.7 cm³/mol. The Morgan fingerprint density at radius 2 is 2.08 bits per heavy atom. The van der Waals surface area contributed by atoms with Crippen LogP contribution in [0.2, 0.25) is 0 Å². The normalized spacial score (nSPS) is 16.8. The number of carbonyl (C=O) groups is 1. The second-order valence-electron chi connectivity index (χ2n) is 2.23. The van der Waals surface area contributed by atoms with Gasteiger partial charge in [0.15, 0.2) is 6.04 Å². The van der Waals surface area contributed by atoms with Gasteiger partial charge in [-0.3, -0.25) is 4.79 Å². The van der Waals surface area contributed by atoms with Gasteiger partial charge in [-0.1, -0.05) is 5.11 Å². The second-order valence-corrected chi connectivity index (χ2v) is 2.23. The molecule has 0 amide bonds. The van der Waals surface area contributed by atoms with Crippen LogP contribution in [0.1, 0.15) is 0 Å². The molecule has 0 aliphatic carbocycles. The summed E-state index contributed by atoms with van der Waals surface area (Å²) in [6.07, 6.45) is -3.47. The number of carboxylic acid groups (broad SMARTS) is 1. The zero-order chi connectivity index (χ0) is 10.4. The number of nitrogens with zero attached hydrogens (tertiary/aromatic N) is 3. The Kier molecular flexibility index (Phi) is 4.78. The third-order valence-electron chi connectivity index (χ3n) is 1.33. The van der Waals surface area contributed by atoms with E-state index in [1.807, 2.05) is 0 Å². The van der Waals surface area contributed by atoms with Crippen molar-refractivity contribution in [2.75, 3.05) is 6.61 Å². The lowest BCUT2D eigenvalue weighted by molar-refractivity contribution is -0.144. The zero-order valence-electron chi connectivity index (χ0n) is 6.48. The maximum atomic E-state index is 10.3. The lowest BCUT2D eigenvalue weighted by atomic mass is 10.1. The first-order chi connectivity index (χ1) is 6.04. The van der Waals surface area contributed by atoms with Crippen LogP contribution in [0.25, 0.3) is 10.4 Å². The van der Waals surface area contributed by atoms with E-state index in [2.05, 4.69) is 10.0 Å². The lowest BCUT2D eigenvalue weighted by Crippen LogP contribution is -2.42. The number of hydrogen-bond acceptors (Lipinski definition) is 5. The number of aliphatic hydroxyl groups excluding tert-OH is 3. The molecule has 0 spiro atoms. The highest BCUT2D eigenvalue weighted by molar-refractivity contribution is 5.74. The van der Waals surface area contributed by atoms with Crippen LogP contribution in [0.5, 0.6) is 0 Å². The van der Waals surface area contributed by atoms with Crippen molar-refractivity contribution in [1.29, 1.82) is 0 Å². The molecule has 0 aromatic rings. The molecule has 0 heterocycles. The van der Waals surface area contributed by atoms with Crippen LogP contribution in [0.4, 0.5) is 0 Å². The maximum Gasteiger partial charge on any atom is 0.315 e. The van der Waals surface area contributed by atoms with E-state index < -0.39 is 30.8 Å². The van der Waals surface area contributed by atoms with Gasteiger partial charge in [0.25, 0.3) is 0 Å². The number of aliphatic carboxylic acids is 1. The molecule has 3 atom stereocenters. The standard InChI is InChI=1S/C5H9N3O5/c6-8-7-3(5(12)13)4(11)2(10)1-9/h2-4,9-11H,1H2,(H,12,13)/t2-,3+,4+/m1/s1. The van der Waals surface area contributed by atoms with Crippen molar-refractivity contribution in [1.82, 2.24) is 0 Å². The second kappa shape index (κ2) is 5.33. The first-order valence-electron chi connectivity index (χ1n) is 3.28. The molecule has 4 N–H and O–H groups in total. The summed E-state index contributed by atoms with van der Waals surface area (Å²) in [4.78, 5) is 12.5. The molecule has 8 nitrogen and oxygen atoms in total. The number of carboxylic acids is 1. The van der Waals surface area contributed by atoms with Gasteiger partial charge in [-0.25, -0.2) is 0 Å². The van der Waals surface area contributed by atoms with E-state index in [0.717, 1.165) is 0 Å². The molecule has 0 aliphatic rings. The first kappa shape index (κ1) is 11.7. The average Bonchev–Trinajstić information content (AvgIpc) is 2.11. The Balaban J connectivity index is 4.54. The molecular weight excluding hydrogens is 182 g/mol. The van der Waals surface area contributed by atoms with Gasteiger partial charge in [0.2, 0.25) is 0 Å². The van der Waals surface area contributed by atoms with Crippen LogP contribution in [-0.2, 0) is 4.79 Å². The van der Waals surface area contributed by atoms with Gasteiger partial charge in [0.1, 0.15) is 12.2 Å². The van der Waals surface area contributed by atoms with Crippen molar-refractivity contribution < 1.29 is 25.2 Å². The number of rotatable bonds is 5. The predicted octanol–water partition coefficient (Wildman–Crippen LogP) is -1.54. The zero-order valence-corrected chi connectivity index (χ0v) is 6.48. The van der Waals surface area contributed by atoms with Crippen LogP contribution < -0.4 is 0 Å². The quantitative estimate of drug-likeness (QED) is 0.236. The Labute approximate surface area is 72.7 Å². The van der Waals surface area contributed by atoms with Crippen molar-refractivity contribution in [2.24, 2.45) is 5.11 Å². The van der Waals surface area contributed by atoms with E-state index in [0.29, 0.717) is 0 Å². The number of aliphatic hydroxyl groups is 3. The molecule has 0 aliphatic heterocycles. The summed E-state index contributed by atoms with van der Waals surface area (Å²) in [7, 11) is 0. The fourth-order valence-electron chi connectivity index (χ4n) is 0.638. The van der Waals surface area contributed by atoms with Crippen molar-refractivity contribution in [3.05, 3.63) is 10.4 Å². The van der Waals surface area contributed by atoms with E-state index >= 15 is 0 Å². The van der Waals surface area contributed by atoms with E-state index in [4.69, 9.17) is 26.0 Å². The first-order valence-corrected chi connectivity index (χ1v) is 3.28. The maximum absolute atomic E-state index is 10.3. The van der Waals surface area contributed by atoms with Crippen molar-refractivity contribution in [3.8, 4) is 0 Å². The van der Waals surface area contributed by atoms with Crippen LogP contribution in [0.15, 0.2) is 5.11 Å². The van der Waals surface area contributed by atoms with Crippen molar-refractivity contribution >= 4 is 5.97 Å². The molecule has 0 rings (SSSR count). The van der Waals surface area contributed by atoms with E-state index in [-0.39, 0.29) is 0 Å². The minimum atomic E-state index is -1.82. The molecule has 0 fully saturated rings. The fourth-order valence-corrected chi connectivity index (χ4v) is 0.638. The number of hydrogen-bond donors (Lipinski definition) is 4. The molecule has 74 valence electrons. The molecule has 13 heavy (non-hydrogen) atoms. The summed E-state index contributed by atoms with van der Waals surface area (Å²) in [5.41, 5.74) is 7.93. The minimum absolute atomic E-state index is 0.814. The largest absolute Gasteiger partial charge is 0.481 e. The average molecular weight is 191 g/mol. The minimum Gasteiger partial charge on any atom is -0.481 e. The Hall–Kier alpha value is -1.34. The smallest absolute Gasteiger partial charge is 0.315 e. The highest BCUT2D eigenvalue weighted by Crippen LogP contribution is 2.04. The van der Waals surface area contributed by atoms with Gasteiger partial charge in [0.05, 0.1) is 6.61 Å². The summed E-state index contributed by atoms with van der Waals surface area (Å²) in [6, 6.07) is -1.80. The van der Waals surface area contributed by atoms with E-state index in [1.165, 1.54) is 0 Å². The monoisotopic (exact) mass is 191 g/mol. The summed E-state index contributed by atoms with van der Waals surface area (Å²) in [6.45, 7) is -0.814. The molecule has 8 heteroatoms. The molecule has 0 saturated heterocycles. The third kappa shape index (κ3) is 3.26. The molecule has 0 saturated carbocycles. The van der Waals surface area contributed by atoms with Gasteiger partial charge >= 0.3 is 5.97 Å². The Morgan fingerprint density at radius 3 is 2.38 bits per heavy atom. The molecular formula is C5H9N3O5. The van der Waals surface area contributed by atoms with Crippen molar-refractivity contribution in [2.45, 2.75) is 18.2 Å². The van der Waals surface area contributed by atoms with Crippen LogP contribution in [0, 0.1) is 0 Å². The van der Waals surface area contributed by atoms with Crippen molar-refractivity contribution in [3.63, 3.8) is 0 Å². The summed E-state index contributed by atoms with van der Waals surface area (Å²) in [5, 5.41) is 37.4. The summed E-state index contributed by atoms with van der Waals surface area (Å²) < 4.78 is 0. The molecule has 0 aromatic heterocycles.